The Morgan fingerprint density at radius 2 is 1.68 bits per heavy atom. The van der Waals surface area contributed by atoms with Gasteiger partial charge in [0.25, 0.3) is 0 Å². The Bertz CT molecular complexity index is 362. The van der Waals surface area contributed by atoms with Crippen molar-refractivity contribution in [1.29, 1.82) is 0 Å². The molecule has 2 heteroatoms. The first-order valence-electron chi connectivity index (χ1n) is 7.66. The zero-order chi connectivity index (χ0) is 14.1. The predicted molar refractivity (Wildman–Crippen MR) is 85.7 cm³/mol. The molecule has 1 unspecified atom stereocenters. The van der Waals surface area contributed by atoms with E-state index in [1.54, 1.807) is 0 Å². The number of hydrogen-bond donors (Lipinski definition) is 1. The standard InChI is InChI=1S/C17H28ClN/c1-3-4-5-6-7-8-9-10-17(19)15-12-11-14(2)16(18)13-15/h11-13,17H,3-10,19H2,1-2H3. The molecular formula is C17H28ClN. The predicted octanol–water partition coefficient (Wildman–Crippen LogP) is 5.79. The van der Waals surface area contributed by atoms with E-state index in [2.05, 4.69) is 19.1 Å². The van der Waals surface area contributed by atoms with E-state index in [0.29, 0.717) is 0 Å². The molecule has 2 N–H and O–H groups in total. The Morgan fingerprint density at radius 1 is 1.05 bits per heavy atom. The quantitative estimate of drug-likeness (QED) is 0.570. The van der Waals surface area contributed by atoms with Crippen molar-refractivity contribution >= 4 is 11.6 Å². The number of hydrogen-bond acceptors (Lipinski definition) is 1. The Kier molecular flexibility index (Phi) is 8.16. The van der Waals surface area contributed by atoms with Crippen LogP contribution in [0.1, 0.15) is 75.5 Å². The van der Waals surface area contributed by atoms with Crippen LogP contribution in [-0.4, -0.2) is 0 Å². The summed E-state index contributed by atoms with van der Waals surface area (Å²) in [5.74, 6) is 0. The molecule has 0 amide bonds. The van der Waals surface area contributed by atoms with Crippen LogP contribution in [0.4, 0.5) is 0 Å². The van der Waals surface area contributed by atoms with Crippen molar-refractivity contribution in [1.82, 2.24) is 0 Å². The van der Waals surface area contributed by atoms with Gasteiger partial charge in [-0.1, -0.05) is 75.6 Å². The summed E-state index contributed by atoms with van der Waals surface area (Å²) in [6.45, 7) is 4.28. The van der Waals surface area contributed by atoms with Gasteiger partial charge in [-0.25, -0.2) is 0 Å². The minimum absolute atomic E-state index is 0.133. The zero-order valence-electron chi connectivity index (χ0n) is 12.4. The maximum Gasteiger partial charge on any atom is 0.0438 e. The van der Waals surface area contributed by atoms with E-state index in [1.165, 1.54) is 50.5 Å². The van der Waals surface area contributed by atoms with Gasteiger partial charge >= 0.3 is 0 Å². The smallest absolute Gasteiger partial charge is 0.0438 e. The van der Waals surface area contributed by atoms with Gasteiger partial charge in [0.15, 0.2) is 0 Å². The Morgan fingerprint density at radius 3 is 2.32 bits per heavy atom. The fourth-order valence-corrected chi connectivity index (χ4v) is 2.52. The van der Waals surface area contributed by atoms with Crippen LogP contribution in [0.3, 0.4) is 0 Å². The minimum atomic E-state index is 0.133. The van der Waals surface area contributed by atoms with Crippen LogP contribution in [0.25, 0.3) is 0 Å². The molecule has 0 aliphatic rings. The summed E-state index contributed by atoms with van der Waals surface area (Å²) in [7, 11) is 0. The van der Waals surface area contributed by atoms with Crippen molar-refractivity contribution in [3.63, 3.8) is 0 Å². The minimum Gasteiger partial charge on any atom is -0.324 e. The zero-order valence-corrected chi connectivity index (χ0v) is 13.2. The van der Waals surface area contributed by atoms with Crippen molar-refractivity contribution in [2.45, 2.75) is 71.3 Å². The van der Waals surface area contributed by atoms with Crippen molar-refractivity contribution in [2.75, 3.05) is 0 Å². The largest absolute Gasteiger partial charge is 0.324 e. The van der Waals surface area contributed by atoms with Crippen LogP contribution in [0, 0.1) is 6.92 Å². The molecule has 0 heterocycles. The average molecular weight is 282 g/mol. The maximum atomic E-state index is 6.22. The molecule has 0 fully saturated rings. The maximum absolute atomic E-state index is 6.22. The highest BCUT2D eigenvalue weighted by atomic mass is 35.5. The molecule has 0 aliphatic heterocycles. The summed E-state index contributed by atoms with van der Waals surface area (Å²) in [6, 6.07) is 6.31. The second-order valence-electron chi connectivity index (χ2n) is 5.53. The van der Waals surface area contributed by atoms with Crippen LogP contribution in [-0.2, 0) is 0 Å². The number of unbranched alkanes of at least 4 members (excludes halogenated alkanes) is 6. The Hall–Kier alpha value is -0.530. The van der Waals surface area contributed by atoms with Crippen LogP contribution in [0.5, 0.6) is 0 Å². The monoisotopic (exact) mass is 281 g/mol. The van der Waals surface area contributed by atoms with Crippen LogP contribution >= 0.6 is 11.6 Å². The molecule has 0 saturated heterocycles. The van der Waals surface area contributed by atoms with Gasteiger partial charge in [-0.2, -0.15) is 0 Å². The van der Waals surface area contributed by atoms with E-state index in [4.69, 9.17) is 17.3 Å². The van der Waals surface area contributed by atoms with Crippen molar-refractivity contribution in [3.8, 4) is 0 Å². The van der Waals surface area contributed by atoms with Crippen molar-refractivity contribution < 1.29 is 0 Å². The first kappa shape index (κ1) is 16.5. The molecule has 0 aromatic heterocycles. The lowest BCUT2D eigenvalue weighted by Crippen LogP contribution is -2.10. The molecule has 0 saturated carbocycles. The van der Waals surface area contributed by atoms with Crippen molar-refractivity contribution in [3.05, 3.63) is 34.3 Å². The lowest BCUT2D eigenvalue weighted by atomic mass is 9.99. The van der Waals surface area contributed by atoms with Gasteiger partial charge in [0.2, 0.25) is 0 Å². The number of rotatable bonds is 9. The van der Waals surface area contributed by atoms with Crippen LogP contribution < -0.4 is 5.73 Å². The lowest BCUT2D eigenvalue weighted by molar-refractivity contribution is 0.541. The first-order valence-corrected chi connectivity index (χ1v) is 8.04. The van der Waals surface area contributed by atoms with Gasteiger partial charge in [0.05, 0.1) is 0 Å². The molecule has 0 radical (unpaired) electrons. The van der Waals surface area contributed by atoms with E-state index in [9.17, 15) is 0 Å². The second kappa shape index (κ2) is 9.39. The Labute approximate surface area is 123 Å². The topological polar surface area (TPSA) is 26.0 Å². The molecule has 108 valence electrons. The summed E-state index contributed by atoms with van der Waals surface area (Å²) in [4.78, 5) is 0. The summed E-state index contributed by atoms with van der Waals surface area (Å²) in [5, 5.41) is 0.826. The third kappa shape index (κ3) is 6.44. The van der Waals surface area contributed by atoms with Gasteiger partial charge in [-0.15, -0.1) is 0 Å². The summed E-state index contributed by atoms with van der Waals surface area (Å²) >= 11 is 6.13. The number of aryl methyl sites for hydroxylation is 1. The van der Waals surface area contributed by atoms with Gasteiger partial charge in [-0.3, -0.25) is 0 Å². The third-order valence-corrected chi connectivity index (χ3v) is 4.15. The summed E-state index contributed by atoms with van der Waals surface area (Å²) in [5.41, 5.74) is 8.50. The fraction of sp³-hybridized carbons (Fsp3) is 0.647. The molecule has 1 aromatic carbocycles. The third-order valence-electron chi connectivity index (χ3n) is 3.74. The molecule has 1 atom stereocenters. The Balaban J connectivity index is 2.20. The second-order valence-corrected chi connectivity index (χ2v) is 5.93. The van der Waals surface area contributed by atoms with E-state index in [-0.39, 0.29) is 6.04 Å². The molecular weight excluding hydrogens is 254 g/mol. The molecule has 0 spiro atoms. The molecule has 0 aliphatic carbocycles. The van der Waals surface area contributed by atoms with Crippen molar-refractivity contribution in [2.24, 2.45) is 5.73 Å². The fourth-order valence-electron chi connectivity index (χ4n) is 2.33. The highest BCUT2D eigenvalue weighted by Gasteiger charge is 2.07. The van der Waals surface area contributed by atoms with E-state index in [1.807, 2.05) is 13.0 Å². The SMILES string of the molecule is CCCCCCCCCC(N)c1ccc(C)c(Cl)c1. The highest BCUT2D eigenvalue weighted by Crippen LogP contribution is 2.23. The number of halogens is 1. The van der Waals surface area contributed by atoms with Gasteiger partial charge < -0.3 is 5.73 Å². The highest BCUT2D eigenvalue weighted by molar-refractivity contribution is 6.31. The lowest BCUT2D eigenvalue weighted by Gasteiger charge is -2.13. The van der Waals surface area contributed by atoms with Gasteiger partial charge in [-0.05, 0) is 30.5 Å². The van der Waals surface area contributed by atoms with Gasteiger partial charge in [0, 0.05) is 11.1 Å². The van der Waals surface area contributed by atoms with E-state index < -0.39 is 0 Å². The normalized spacial score (nSPS) is 12.6. The number of benzene rings is 1. The molecule has 19 heavy (non-hydrogen) atoms. The van der Waals surface area contributed by atoms with Crippen LogP contribution in [0.15, 0.2) is 18.2 Å². The molecule has 1 rings (SSSR count). The van der Waals surface area contributed by atoms with E-state index in [0.717, 1.165) is 17.0 Å². The molecule has 1 aromatic rings. The van der Waals surface area contributed by atoms with Gasteiger partial charge in [0.1, 0.15) is 0 Å². The first-order chi connectivity index (χ1) is 9.15. The summed E-state index contributed by atoms with van der Waals surface area (Å²) in [6.07, 6.45) is 10.4. The van der Waals surface area contributed by atoms with Crippen LogP contribution in [0.2, 0.25) is 5.02 Å². The average Bonchev–Trinajstić information content (AvgIpc) is 2.40. The van der Waals surface area contributed by atoms with E-state index >= 15 is 0 Å². The summed E-state index contributed by atoms with van der Waals surface area (Å²) < 4.78 is 0. The molecule has 0 bridgehead atoms. The number of nitrogens with two attached hydrogens (primary N) is 1. The molecule has 1 nitrogen and oxygen atoms in total.